The van der Waals surface area contributed by atoms with Crippen molar-refractivity contribution in [3.63, 3.8) is 0 Å². The van der Waals surface area contributed by atoms with E-state index in [1.807, 2.05) is 6.92 Å². The molecule has 0 aliphatic carbocycles. The summed E-state index contributed by atoms with van der Waals surface area (Å²) in [6.07, 6.45) is -0.268. The zero-order chi connectivity index (χ0) is 12.5. The Morgan fingerprint density at radius 2 is 1.71 bits per heavy atom. The Bertz CT molecular complexity index is 476. The Hall–Kier alpha value is -0.940. The monoisotopic (exact) mass is 257 g/mol. The van der Waals surface area contributed by atoms with Crippen LogP contribution in [0.2, 0.25) is 0 Å². The summed E-state index contributed by atoms with van der Waals surface area (Å²) in [7, 11) is -3.44. The summed E-state index contributed by atoms with van der Waals surface area (Å²) in [5.74, 6) is 0. The van der Waals surface area contributed by atoms with E-state index in [9.17, 15) is 12.8 Å². The van der Waals surface area contributed by atoms with Crippen LogP contribution < -0.4 is 0 Å². The molecule has 17 heavy (non-hydrogen) atoms. The predicted octanol–water partition coefficient (Wildman–Crippen LogP) is 2.12. The van der Waals surface area contributed by atoms with Crippen LogP contribution in [0, 0.1) is 6.92 Å². The topological polar surface area (TPSA) is 37.4 Å². The number of sulfonamides is 1. The van der Waals surface area contributed by atoms with E-state index in [1.54, 1.807) is 24.3 Å². The average Bonchev–Trinajstić information content (AvgIpc) is 2.30. The van der Waals surface area contributed by atoms with Gasteiger partial charge >= 0.3 is 0 Å². The SMILES string of the molecule is Cc1ccc(S(=O)(=O)N2CCC(F)CC2)cc1. The van der Waals surface area contributed by atoms with Gasteiger partial charge in [-0.1, -0.05) is 17.7 Å². The Labute approximate surface area is 101 Å². The van der Waals surface area contributed by atoms with E-state index in [0.29, 0.717) is 17.7 Å². The van der Waals surface area contributed by atoms with Crippen LogP contribution >= 0.6 is 0 Å². The minimum absolute atomic E-state index is 0.275. The molecule has 1 aliphatic heterocycles. The van der Waals surface area contributed by atoms with Crippen molar-refractivity contribution in [1.29, 1.82) is 0 Å². The molecule has 1 aromatic rings. The van der Waals surface area contributed by atoms with Gasteiger partial charge in [0.05, 0.1) is 4.90 Å². The van der Waals surface area contributed by atoms with Gasteiger partial charge in [0.25, 0.3) is 0 Å². The van der Waals surface area contributed by atoms with Crippen LogP contribution in [-0.4, -0.2) is 32.0 Å². The third-order valence-electron chi connectivity index (χ3n) is 3.04. The molecule has 5 heteroatoms. The molecule has 1 heterocycles. The number of aryl methyl sites for hydroxylation is 1. The standard InChI is InChI=1S/C12H16FNO2S/c1-10-2-4-12(5-3-10)17(15,16)14-8-6-11(13)7-9-14/h2-5,11H,6-9H2,1H3. The number of piperidine rings is 1. The van der Waals surface area contributed by atoms with Gasteiger partial charge < -0.3 is 0 Å². The molecule has 2 rings (SSSR count). The third-order valence-corrected chi connectivity index (χ3v) is 4.96. The first-order valence-corrected chi connectivity index (χ1v) is 7.15. The second kappa shape index (κ2) is 4.74. The maximum absolute atomic E-state index is 13.0. The van der Waals surface area contributed by atoms with Gasteiger partial charge in [0, 0.05) is 13.1 Å². The van der Waals surface area contributed by atoms with E-state index in [-0.39, 0.29) is 13.1 Å². The summed E-state index contributed by atoms with van der Waals surface area (Å²) in [5.41, 5.74) is 1.02. The summed E-state index contributed by atoms with van der Waals surface area (Å²) in [6.45, 7) is 2.46. The Balaban J connectivity index is 2.21. The average molecular weight is 257 g/mol. The maximum atomic E-state index is 13.0. The molecule has 0 radical (unpaired) electrons. The number of hydrogen-bond donors (Lipinski definition) is 0. The number of alkyl halides is 1. The lowest BCUT2D eigenvalue weighted by Gasteiger charge is -2.27. The van der Waals surface area contributed by atoms with Crippen molar-refractivity contribution in [1.82, 2.24) is 4.31 Å². The lowest BCUT2D eigenvalue weighted by Crippen LogP contribution is -2.38. The quantitative estimate of drug-likeness (QED) is 0.814. The molecule has 1 fully saturated rings. The molecule has 0 amide bonds. The van der Waals surface area contributed by atoms with Crippen LogP contribution in [0.4, 0.5) is 4.39 Å². The normalized spacial score (nSPS) is 19.4. The zero-order valence-corrected chi connectivity index (χ0v) is 10.6. The minimum Gasteiger partial charge on any atom is -0.247 e. The van der Waals surface area contributed by atoms with Crippen LogP contribution in [0.1, 0.15) is 18.4 Å². The van der Waals surface area contributed by atoms with Crippen molar-refractivity contribution < 1.29 is 12.8 Å². The first-order valence-electron chi connectivity index (χ1n) is 5.71. The highest BCUT2D eigenvalue weighted by Gasteiger charge is 2.28. The van der Waals surface area contributed by atoms with Crippen LogP contribution in [0.15, 0.2) is 29.2 Å². The lowest BCUT2D eigenvalue weighted by atomic mass is 10.1. The molecule has 0 unspecified atom stereocenters. The van der Waals surface area contributed by atoms with Gasteiger partial charge in [-0.2, -0.15) is 4.31 Å². The maximum Gasteiger partial charge on any atom is 0.243 e. The largest absolute Gasteiger partial charge is 0.247 e. The predicted molar refractivity (Wildman–Crippen MR) is 64.1 cm³/mol. The highest BCUT2D eigenvalue weighted by molar-refractivity contribution is 7.89. The van der Waals surface area contributed by atoms with Gasteiger partial charge in [-0.05, 0) is 31.9 Å². The lowest BCUT2D eigenvalue weighted by molar-refractivity contribution is 0.210. The zero-order valence-electron chi connectivity index (χ0n) is 9.77. The van der Waals surface area contributed by atoms with Gasteiger partial charge in [-0.25, -0.2) is 12.8 Å². The molecule has 1 aromatic carbocycles. The first-order chi connectivity index (χ1) is 8.00. The molecule has 1 saturated heterocycles. The molecular formula is C12H16FNO2S. The van der Waals surface area contributed by atoms with Crippen molar-refractivity contribution >= 4 is 10.0 Å². The molecule has 0 spiro atoms. The Morgan fingerprint density at radius 1 is 1.18 bits per heavy atom. The molecule has 1 aliphatic rings. The highest BCUT2D eigenvalue weighted by Crippen LogP contribution is 2.22. The van der Waals surface area contributed by atoms with Gasteiger partial charge in [0.2, 0.25) is 10.0 Å². The van der Waals surface area contributed by atoms with Gasteiger partial charge in [0.1, 0.15) is 6.17 Å². The minimum atomic E-state index is -3.44. The van der Waals surface area contributed by atoms with Gasteiger partial charge in [-0.3, -0.25) is 0 Å². The van der Waals surface area contributed by atoms with E-state index in [2.05, 4.69) is 0 Å². The molecule has 0 atom stereocenters. The molecule has 3 nitrogen and oxygen atoms in total. The van der Waals surface area contributed by atoms with Crippen LogP contribution in [-0.2, 0) is 10.0 Å². The third kappa shape index (κ3) is 2.66. The smallest absolute Gasteiger partial charge is 0.243 e. The fourth-order valence-corrected chi connectivity index (χ4v) is 3.39. The van der Waals surface area contributed by atoms with E-state index in [1.165, 1.54) is 4.31 Å². The van der Waals surface area contributed by atoms with Crippen molar-refractivity contribution in [2.45, 2.75) is 30.8 Å². The van der Waals surface area contributed by atoms with E-state index < -0.39 is 16.2 Å². The fourth-order valence-electron chi connectivity index (χ4n) is 1.92. The van der Waals surface area contributed by atoms with Crippen molar-refractivity contribution in [3.8, 4) is 0 Å². The highest BCUT2D eigenvalue weighted by atomic mass is 32.2. The molecule has 0 aromatic heterocycles. The number of hydrogen-bond acceptors (Lipinski definition) is 2. The molecular weight excluding hydrogens is 241 g/mol. The Morgan fingerprint density at radius 3 is 2.24 bits per heavy atom. The fraction of sp³-hybridized carbons (Fsp3) is 0.500. The summed E-state index contributed by atoms with van der Waals surface area (Å²) in [5, 5.41) is 0. The first kappa shape index (κ1) is 12.5. The van der Waals surface area contributed by atoms with E-state index in [0.717, 1.165) is 5.56 Å². The second-order valence-corrected chi connectivity index (χ2v) is 6.33. The summed E-state index contributed by atoms with van der Waals surface area (Å²) in [6, 6.07) is 6.75. The van der Waals surface area contributed by atoms with Crippen LogP contribution in [0.5, 0.6) is 0 Å². The summed E-state index contributed by atoms with van der Waals surface area (Å²) >= 11 is 0. The van der Waals surface area contributed by atoms with Gasteiger partial charge in [0.15, 0.2) is 0 Å². The number of benzene rings is 1. The van der Waals surface area contributed by atoms with Crippen molar-refractivity contribution in [2.75, 3.05) is 13.1 Å². The molecule has 94 valence electrons. The van der Waals surface area contributed by atoms with Crippen molar-refractivity contribution in [2.24, 2.45) is 0 Å². The number of nitrogens with zero attached hydrogens (tertiary/aromatic N) is 1. The molecule has 0 N–H and O–H groups in total. The molecule has 0 saturated carbocycles. The van der Waals surface area contributed by atoms with Crippen molar-refractivity contribution in [3.05, 3.63) is 29.8 Å². The Kier molecular flexibility index (Phi) is 3.49. The molecule has 0 bridgehead atoms. The van der Waals surface area contributed by atoms with Crippen LogP contribution in [0.25, 0.3) is 0 Å². The number of halogens is 1. The van der Waals surface area contributed by atoms with Gasteiger partial charge in [-0.15, -0.1) is 0 Å². The number of rotatable bonds is 2. The van der Waals surface area contributed by atoms with E-state index >= 15 is 0 Å². The van der Waals surface area contributed by atoms with Crippen LogP contribution in [0.3, 0.4) is 0 Å². The summed E-state index contributed by atoms with van der Waals surface area (Å²) < 4.78 is 38.8. The second-order valence-electron chi connectivity index (χ2n) is 4.39. The van der Waals surface area contributed by atoms with E-state index in [4.69, 9.17) is 0 Å². The summed E-state index contributed by atoms with van der Waals surface area (Å²) in [4.78, 5) is 0.292.